The highest BCUT2D eigenvalue weighted by atomic mass is 79.9. The Hall–Kier alpha value is -0.0200. The first kappa shape index (κ1) is 12.4. The van der Waals surface area contributed by atoms with Gasteiger partial charge in [-0.1, -0.05) is 23.7 Å². The molecule has 0 aliphatic heterocycles. The largest absolute Gasteiger partial charge is 0.149 e. The van der Waals surface area contributed by atoms with E-state index in [1.54, 1.807) is 11.3 Å². The van der Waals surface area contributed by atoms with Crippen LogP contribution in [0.4, 0.5) is 0 Å². The minimum atomic E-state index is -0.0238. The van der Waals surface area contributed by atoms with Crippen molar-refractivity contribution in [2.75, 3.05) is 0 Å². The summed E-state index contributed by atoms with van der Waals surface area (Å²) in [7, 11) is 0. The molecule has 0 saturated heterocycles. The second-order valence-electron chi connectivity index (χ2n) is 3.42. The summed E-state index contributed by atoms with van der Waals surface area (Å²) in [6, 6.07) is 9.98. The van der Waals surface area contributed by atoms with Crippen LogP contribution >= 0.6 is 50.5 Å². The summed E-state index contributed by atoms with van der Waals surface area (Å²) in [5.41, 5.74) is 1.06. The van der Waals surface area contributed by atoms with Crippen molar-refractivity contribution in [2.24, 2.45) is 0 Å². The van der Waals surface area contributed by atoms with Gasteiger partial charge in [0.25, 0.3) is 0 Å². The minimum Gasteiger partial charge on any atom is -0.149 e. The Morgan fingerprint density at radius 1 is 1.31 bits per heavy atom. The predicted octanol–water partition coefficient (Wildman–Crippen LogP) is 5.69. The topological polar surface area (TPSA) is 0 Å². The molecule has 0 fully saturated rings. The van der Waals surface area contributed by atoms with E-state index in [0.717, 1.165) is 16.5 Å². The van der Waals surface area contributed by atoms with E-state index in [9.17, 15) is 0 Å². The monoisotopic (exact) mass is 334 g/mol. The molecule has 2 rings (SSSR count). The fourth-order valence-electron chi connectivity index (χ4n) is 1.43. The third-order valence-corrected chi connectivity index (χ3v) is 4.80. The minimum absolute atomic E-state index is 0.0238. The molecule has 0 saturated carbocycles. The van der Waals surface area contributed by atoms with Gasteiger partial charge in [-0.15, -0.1) is 22.9 Å². The van der Waals surface area contributed by atoms with Crippen LogP contribution in [0.25, 0.3) is 0 Å². The first-order chi connectivity index (χ1) is 7.66. The SMILES string of the molecule is Clc1cc(C(Cl)Cc2cccs2)ccc1Br. The first-order valence-electron chi connectivity index (χ1n) is 4.78. The van der Waals surface area contributed by atoms with Crippen molar-refractivity contribution in [3.8, 4) is 0 Å². The summed E-state index contributed by atoms with van der Waals surface area (Å²) in [6.07, 6.45) is 0.844. The molecule has 84 valence electrons. The third kappa shape index (κ3) is 3.01. The molecule has 4 heteroatoms. The van der Waals surface area contributed by atoms with Gasteiger partial charge in [0.2, 0.25) is 0 Å². The van der Waals surface area contributed by atoms with Crippen molar-refractivity contribution in [1.29, 1.82) is 0 Å². The van der Waals surface area contributed by atoms with E-state index >= 15 is 0 Å². The van der Waals surface area contributed by atoms with Gasteiger partial charge in [-0.3, -0.25) is 0 Å². The van der Waals surface area contributed by atoms with E-state index in [1.807, 2.05) is 24.3 Å². The fourth-order valence-corrected chi connectivity index (χ4v) is 3.01. The Morgan fingerprint density at radius 3 is 2.75 bits per heavy atom. The fraction of sp³-hybridized carbons (Fsp3) is 0.167. The molecule has 1 unspecified atom stereocenters. The molecule has 0 spiro atoms. The molecule has 2 aromatic rings. The highest BCUT2D eigenvalue weighted by Crippen LogP contribution is 2.31. The van der Waals surface area contributed by atoms with Gasteiger partial charge in [-0.05, 0) is 45.1 Å². The number of thiophene rings is 1. The quantitative estimate of drug-likeness (QED) is 0.632. The number of rotatable bonds is 3. The molecule has 0 aliphatic carbocycles. The molecular weight excluding hydrogens is 327 g/mol. The summed E-state index contributed by atoms with van der Waals surface area (Å²) in [4.78, 5) is 1.29. The van der Waals surface area contributed by atoms with E-state index in [4.69, 9.17) is 23.2 Å². The van der Waals surface area contributed by atoms with Gasteiger partial charge < -0.3 is 0 Å². The van der Waals surface area contributed by atoms with Crippen LogP contribution in [0.2, 0.25) is 5.02 Å². The molecule has 1 atom stereocenters. The van der Waals surface area contributed by atoms with Gasteiger partial charge in [-0.2, -0.15) is 0 Å². The van der Waals surface area contributed by atoms with Crippen LogP contribution in [-0.2, 0) is 6.42 Å². The number of hydrogen-bond donors (Lipinski definition) is 0. The van der Waals surface area contributed by atoms with Crippen LogP contribution in [0.15, 0.2) is 40.2 Å². The Balaban J connectivity index is 2.14. The molecule has 1 aromatic carbocycles. The molecule has 0 aliphatic rings. The van der Waals surface area contributed by atoms with Crippen LogP contribution in [-0.4, -0.2) is 0 Å². The lowest BCUT2D eigenvalue weighted by Gasteiger charge is -2.09. The molecule has 16 heavy (non-hydrogen) atoms. The van der Waals surface area contributed by atoms with Crippen molar-refractivity contribution in [3.63, 3.8) is 0 Å². The number of hydrogen-bond acceptors (Lipinski definition) is 1. The van der Waals surface area contributed by atoms with Crippen LogP contribution in [0.5, 0.6) is 0 Å². The van der Waals surface area contributed by atoms with E-state index < -0.39 is 0 Å². The summed E-state index contributed by atoms with van der Waals surface area (Å²) < 4.78 is 0.901. The van der Waals surface area contributed by atoms with Gasteiger partial charge in [0.05, 0.1) is 10.4 Å². The highest BCUT2D eigenvalue weighted by Gasteiger charge is 2.11. The Kier molecular flexibility index (Phi) is 4.31. The summed E-state index contributed by atoms with van der Waals surface area (Å²) in [6.45, 7) is 0. The maximum atomic E-state index is 6.35. The molecule has 0 radical (unpaired) electrons. The van der Waals surface area contributed by atoms with Gasteiger partial charge in [-0.25, -0.2) is 0 Å². The molecule has 1 heterocycles. The number of alkyl halides is 1. The van der Waals surface area contributed by atoms with Gasteiger partial charge in [0.1, 0.15) is 0 Å². The zero-order chi connectivity index (χ0) is 11.5. The normalized spacial score (nSPS) is 12.7. The number of halogens is 3. The average molecular weight is 336 g/mol. The van der Waals surface area contributed by atoms with Crippen LogP contribution in [0.1, 0.15) is 15.8 Å². The molecule has 0 bridgehead atoms. The van der Waals surface area contributed by atoms with E-state index in [-0.39, 0.29) is 5.38 Å². The van der Waals surface area contributed by atoms with Crippen molar-refractivity contribution in [2.45, 2.75) is 11.8 Å². The van der Waals surface area contributed by atoms with Gasteiger partial charge in [0, 0.05) is 15.8 Å². The highest BCUT2D eigenvalue weighted by molar-refractivity contribution is 9.10. The maximum absolute atomic E-state index is 6.35. The lowest BCUT2D eigenvalue weighted by Crippen LogP contribution is -1.94. The Morgan fingerprint density at radius 2 is 2.12 bits per heavy atom. The third-order valence-electron chi connectivity index (χ3n) is 2.27. The second kappa shape index (κ2) is 5.54. The van der Waals surface area contributed by atoms with E-state index in [1.165, 1.54) is 4.88 Å². The van der Waals surface area contributed by atoms with Crippen LogP contribution < -0.4 is 0 Å². The zero-order valence-corrected chi connectivity index (χ0v) is 12.2. The summed E-state index contributed by atoms with van der Waals surface area (Å²) in [5, 5.41) is 2.74. The maximum Gasteiger partial charge on any atom is 0.0633 e. The molecule has 0 amide bonds. The molecular formula is C12H9BrCl2S. The van der Waals surface area contributed by atoms with Crippen LogP contribution in [0, 0.1) is 0 Å². The smallest absolute Gasteiger partial charge is 0.0633 e. The van der Waals surface area contributed by atoms with Crippen molar-refractivity contribution >= 4 is 50.5 Å². The average Bonchev–Trinajstić information content (AvgIpc) is 2.74. The second-order valence-corrected chi connectivity index (χ2v) is 6.25. The molecule has 1 aromatic heterocycles. The van der Waals surface area contributed by atoms with Crippen LogP contribution in [0.3, 0.4) is 0 Å². The zero-order valence-electron chi connectivity index (χ0n) is 8.29. The molecule has 0 nitrogen and oxygen atoms in total. The summed E-state index contributed by atoms with van der Waals surface area (Å²) >= 11 is 17.5. The Bertz CT molecular complexity index is 468. The molecule has 0 N–H and O–H groups in total. The lowest BCUT2D eigenvalue weighted by molar-refractivity contribution is 0.937. The summed E-state index contributed by atoms with van der Waals surface area (Å²) in [5.74, 6) is 0. The van der Waals surface area contributed by atoms with Crippen molar-refractivity contribution < 1.29 is 0 Å². The van der Waals surface area contributed by atoms with Gasteiger partial charge >= 0.3 is 0 Å². The van der Waals surface area contributed by atoms with Crippen molar-refractivity contribution in [3.05, 3.63) is 55.6 Å². The lowest BCUT2D eigenvalue weighted by atomic mass is 10.1. The standard InChI is InChI=1S/C12H9BrCl2S/c13-10-4-3-8(6-12(10)15)11(14)7-9-2-1-5-16-9/h1-6,11H,7H2. The van der Waals surface area contributed by atoms with Crippen molar-refractivity contribution in [1.82, 2.24) is 0 Å². The van der Waals surface area contributed by atoms with Gasteiger partial charge in [0.15, 0.2) is 0 Å². The first-order valence-corrected chi connectivity index (χ1v) is 7.27. The number of benzene rings is 1. The van der Waals surface area contributed by atoms with E-state index in [2.05, 4.69) is 27.4 Å². The predicted molar refractivity (Wildman–Crippen MR) is 75.8 cm³/mol. The van der Waals surface area contributed by atoms with E-state index in [0.29, 0.717) is 5.02 Å². The Labute approximate surface area is 117 Å².